The largest absolute Gasteiger partial charge is 0.457 e. The molecule has 1 N–H and O–H groups in total. The van der Waals surface area contributed by atoms with E-state index in [-0.39, 0.29) is 0 Å². The molecule has 0 amide bonds. The van der Waals surface area contributed by atoms with Crippen LogP contribution in [-0.4, -0.2) is 38.7 Å². The average molecular weight is 603 g/mol. The van der Waals surface area contributed by atoms with Crippen LogP contribution in [0.25, 0.3) is 67.2 Å². The lowest BCUT2D eigenvalue weighted by atomic mass is 9.80. The van der Waals surface area contributed by atoms with Gasteiger partial charge >= 0.3 is 7.48 Å². The van der Waals surface area contributed by atoms with Crippen molar-refractivity contribution in [2.75, 3.05) is 0 Å². The number of furan rings is 1. The van der Waals surface area contributed by atoms with Crippen LogP contribution in [0, 0.1) is 0 Å². The van der Waals surface area contributed by atoms with Crippen molar-refractivity contribution < 1.29 is 14.2 Å². The van der Waals surface area contributed by atoms with Crippen molar-refractivity contribution in [1.82, 2.24) is 15.0 Å². The van der Waals surface area contributed by atoms with Gasteiger partial charge in [-0.1, -0.05) is 109 Å². The lowest BCUT2D eigenvalue weighted by Gasteiger charge is -2.37. The molecule has 2 aromatic heterocycles. The van der Waals surface area contributed by atoms with Crippen LogP contribution in [0.5, 0.6) is 0 Å². The van der Waals surface area contributed by atoms with Gasteiger partial charge in [0.2, 0.25) is 0 Å². The van der Waals surface area contributed by atoms with Gasteiger partial charge in [-0.2, -0.15) is 0 Å². The highest BCUT2D eigenvalue weighted by Gasteiger charge is 2.36. The molecule has 7 aromatic rings. The summed E-state index contributed by atoms with van der Waals surface area (Å²) >= 11 is 0. The van der Waals surface area contributed by atoms with Crippen molar-refractivity contribution >= 4 is 34.9 Å². The van der Waals surface area contributed by atoms with Crippen molar-refractivity contribution in [2.24, 2.45) is 0 Å². The lowest BCUT2D eigenvalue weighted by Crippen LogP contribution is -2.49. The molecule has 0 aliphatic rings. The third-order valence-corrected chi connectivity index (χ3v) is 8.64. The SMILES string of the molecule is CC(C)(O)C(C)(C)O[B]c1cc(-c2ccc(-c3nc(-c4ccccc4)nc(-c4ccccc4)n3)cc2)cc2c1oc1ccccc12. The second-order valence-electron chi connectivity index (χ2n) is 12.5. The van der Waals surface area contributed by atoms with Gasteiger partial charge in [-0.3, -0.25) is 0 Å². The van der Waals surface area contributed by atoms with E-state index in [9.17, 15) is 5.11 Å². The number of rotatable bonds is 8. The molecular formula is C39H33BN3O3. The predicted molar refractivity (Wildman–Crippen MR) is 186 cm³/mol. The molecule has 0 saturated carbocycles. The van der Waals surface area contributed by atoms with Gasteiger partial charge in [-0.15, -0.1) is 0 Å². The van der Waals surface area contributed by atoms with E-state index in [4.69, 9.17) is 24.0 Å². The molecule has 0 aliphatic heterocycles. The number of aromatic nitrogens is 3. The molecule has 0 spiro atoms. The van der Waals surface area contributed by atoms with Crippen LogP contribution in [-0.2, 0) is 4.65 Å². The van der Waals surface area contributed by atoms with Crippen LogP contribution in [0.4, 0.5) is 0 Å². The minimum absolute atomic E-state index is 0.604. The van der Waals surface area contributed by atoms with Gasteiger partial charge in [-0.05, 0) is 56.4 Å². The van der Waals surface area contributed by atoms with Gasteiger partial charge in [0.15, 0.2) is 17.5 Å². The average Bonchev–Trinajstić information content (AvgIpc) is 3.46. The molecule has 225 valence electrons. The zero-order valence-corrected chi connectivity index (χ0v) is 26.2. The summed E-state index contributed by atoms with van der Waals surface area (Å²) in [4.78, 5) is 14.6. The predicted octanol–water partition coefficient (Wildman–Crippen LogP) is 8.25. The second-order valence-corrected chi connectivity index (χ2v) is 12.5. The Kier molecular flexibility index (Phi) is 7.51. The minimum atomic E-state index is -1.06. The summed E-state index contributed by atoms with van der Waals surface area (Å²) in [6, 6.07) is 40.4. The van der Waals surface area contributed by atoms with Gasteiger partial charge in [0, 0.05) is 27.5 Å². The minimum Gasteiger partial charge on any atom is -0.457 e. The summed E-state index contributed by atoms with van der Waals surface area (Å²) < 4.78 is 12.5. The Hall–Kier alpha value is -5.11. The first-order valence-corrected chi connectivity index (χ1v) is 15.3. The molecule has 0 saturated heterocycles. The fourth-order valence-corrected chi connectivity index (χ4v) is 5.21. The van der Waals surface area contributed by atoms with Crippen LogP contribution < -0.4 is 5.46 Å². The molecule has 5 aromatic carbocycles. The van der Waals surface area contributed by atoms with Gasteiger partial charge in [0.05, 0.1) is 11.2 Å². The number of nitrogens with zero attached hydrogens (tertiary/aromatic N) is 3. The standard InChI is InChI=1S/C39H33BN3O3/c1-38(2,44)39(3,4)46-40-32-24-29(23-31-30-17-11-12-18-33(30)45-34(31)32)25-19-21-28(22-20-25)37-42-35(26-13-7-5-8-14-26)41-36(43-37)27-15-9-6-10-16-27/h5-24,44H,1-4H3. The smallest absolute Gasteiger partial charge is 0.334 e. The van der Waals surface area contributed by atoms with Crippen molar-refractivity contribution in [3.8, 4) is 45.3 Å². The Labute approximate surface area is 269 Å². The normalized spacial score (nSPS) is 12.1. The monoisotopic (exact) mass is 602 g/mol. The fourth-order valence-electron chi connectivity index (χ4n) is 5.21. The molecule has 7 heteroatoms. The summed E-state index contributed by atoms with van der Waals surface area (Å²) in [5.74, 6) is 1.85. The van der Waals surface area contributed by atoms with Crippen molar-refractivity contribution in [2.45, 2.75) is 38.9 Å². The molecule has 1 radical (unpaired) electrons. The number of hydrogen-bond donors (Lipinski definition) is 1. The van der Waals surface area contributed by atoms with Gasteiger partial charge in [-0.25, -0.2) is 15.0 Å². The van der Waals surface area contributed by atoms with E-state index in [0.717, 1.165) is 55.2 Å². The molecule has 0 fully saturated rings. The molecular weight excluding hydrogens is 569 g/mol. The fraction of sp³-hybridized carbons (Fsp3) is 0.154. The first-order valence-electron chi connectivity index (χ1n) is 15.3. The summed E-state index contributed by atoms with van der Waals surface area (Å²) in [6.45, 7) is 7.23. The van der Waals surface area contributed by atoms with E-state index in [1.165, 1.54) is 0 Å². The molecule has 6 nitrogen and oxygen atoms in total. The van der Waals surface area contributed by atoms with Crippen LogP contribution in [0.3, 0.4) is 0 Å². The van der Waals surface area contributed by atoms with E-state index in [2.05, 4.69) is 30.3 Å². The Morgan fingerprint density at radius 3 is 1.63 bits per heavy atom. The zero-order chi connectivity index (χ0) is 31.9. The quantitative estimate of drug-likeness (QED) is 0.177. The first kappa shape index (κ1) is 29.6. The number of fused-ring (bicyclic) bond motifs is 3. The number of hydrogen-bond acceptors (Lipinski definition) is 6. The molecule has 46 heavy (non-hydrogen) atoms. The second kappa shape index (κ2) is 11.7. The van der Waals surface area contributed by atoms with E-state index in [0.29, 0.717) is 17.5 Å². The zero-order valence-electron chi connectivity index (χ0n) is 26.2. The maximum absolute atomic E-state index is 10.7. The van der Waals surface area contributed by atoms with Gasteiger partial charge < -0.3 is 14.2 Å². The number of para-hydroxylation sites is 1. The first-order chi connectivity index (χ1) is 22.2. The van der Waals surface area contributed by atoms with Crippen molar-refractivity contribution in [3.05, 3.63) is 121 Å². The van der Waals surface area contributed by atoms with Crippen LogP contribution in [0.2, 0.25) is 0 Å². The molecule has 0 unspecified atom stereocenters. The summed E-state index contributed by atoms with van der Waals surface area (Å²) in [5, 5.41) is 12.7. The molecule has 7 rings (SSSR count). The van der Waals surface area contributed by atoms with Gasteiger partial charge in [0.25, 0.3) is 0 Å². The van der Waals surface area contributed by atoms with Crippen molar-refractivity contribution in [3.63, 3.8) is 0 Å². The van der Waals surface area contributed by atoms with Crippen LogP contribution in [0.1, 0.15) is 27.7 Å². The third kappa shape index (κ3) is 5.71. The molecule has 0 aliphatic carbocycles. The summed E-state index contributed by atoms with van der Waals surface area (Å²) in [7, 11) is 1.70. The van der Waals surface area contributed by atoms with E-state index < -0.39 is 11.2 Å². The highest BCUT2D eigenvalue weighted by atomic mass is 16.5. The highest BCUT2D eigenvalue weighted by Crippen LogP contribution is 2.33. The van der Waals surface area contributed by atoms with E-state index >= 15 is 0 Å². The Bertz CT molecular complexity index is 2100. The van der Waals surface area contributed by atoms with Gasteiger partial charge in [0.1, 0.15) is 11.2 Å². The number of aliphatic hydroxyl groups is 1. The Balaban J connectivity index is 1.29. The lowest BCUT2D eigenvalue weighted by molar-refractivity contribution is -0.0893. The Morgan fingerprint density at radius 1 is 0.565 bits per heavy atom. The third-order valence-electron chi connectivity index (χ3n) is 8.64. The molecule has 0 atom stereocenters. The summed E-state index contributed by atoms with van der Waals surface area (Å²) in [6.07, 6.45) is 0. The van der Waals surface area contributed by atoms with Crippen LogP contribution in [0.15, 0.2) is 126 Å². The maximum Gasteiger partial charge on any atom is 0.334 e. The topological polar surface area (TPSA) is 81.3 Å². The molecule has 2 heterocycles. The van der Waals surface area contributed by atoms with E-state index in [1.807, 2.05) is 105 Å². The van der Waals surface area contributed by atoms with Crippen LogP contribution >= 0.6 is 0 Å². The maximum atomic E-state index is 10.7. The Morgan fingerprint density at radius 2 is 1.07 bits per heavy atom. The number of benzene rings is 5. The van der Waals surface area contributed by atoms with Crippen molar-refractivity contribution in [1.29, 1.82) is 0 Å². The molecule has 0 bridgehead atoms. The summed E-state index contributed by atoms with van der Waals surface area (Å²) in [5.41, 5.74) is 5.23. The highest BCUT2D eigenvalue weighted by molar-refractivity contribution is 6.51. The van der Waals surface area contributed by atoms with E-state index in [1.54, 1.807) is 21.3 Å².